The van der Waals surface area contributed by atoms with Crippen LogP contribution in [0.1, 0.15) is 16.1 Å². The van der Waals surface area contributed by atoms with E-state index in [-0.39, 0.29) is 17.5 Å². The molecule has 4 rings (SSSR count). The summed E-state index contributed by atoms with van der Waals surface area (Å²) in [5.74, 6) is -0.340. The van der Waals surface area contributed by atoms with Crippen molar-refractivity contribution in [3.8, 4) is 11.3 Å². The molecule has 27 heavy (non-hydrogen) atoms. The molecule has 0 atom stereocenters. The molecule has 0 aliphatic carbocycles. The summed E-state index contributed by atoms with van der Waals surface area (Å²) in [5, 5.41) is 3.91. The van der Waals surface area contributed by atoms with E-state index >= 15 is 0 Å². The summed E-state index contributed by atoms with van der Waals surface area (Å²) in [7, 11) is 0. The lowest BCUT2D eigenvalue weighted by atomic mass is 10.1. The standard InChI is InChI=1S/C21H20FN3O2/c22-18-8-4-7-17(13-18)19-14-20(27-23-19)21(26)25-11-9-24(10-12-25)15-16-5-2-1-3-6-16/h1-8,13-14H,9-12,15H2. The van der Waals surface area contributed by atoms with E-state index < -0.39 is 0 Å². The highest BCUT2D eigenvalue weighted by Gasteiger charge is 2.25. The van der Waals surface area contributed by atoms with Crippen LogP contribution in [-0.4, -0.2) is 47.0 Å². The van der Waals surface area contributed by atoms with Gasteiger partial charge in [-0.05, 0) is 17.7 Å². The summed E-state index contributed by atoms with van der Waals surface area (Å²) in [4.78, 5) is 16.8. The Morgan fingerprint density at radius 1 is 1.00 bits per heavy atom. The van der Waals surface area contributed by atoms with Crippen molar-refractivity contribution in [1.29, 1.82) is 0 Å². The Bertz CT molecular complexity index is 918. The van der Waals surface area contributed by atoms with Gasteiger partial charge < -0.3 is 9.42 Å². The minimum absolute atomic E-state index is 0.176. The van der Waals surface area contributed by atoms with E-state index in [2.05, 4.69) is 22.2 Å². The van der Waals surface area contributed by atoms with Gasteiger partial charge in [0.1, 0.15) is 11.5 Å². The first-order valence-electron chi connectivity index (χ1n) is 8.97. The van der Waals surface area contributed by atoms with Crippen molar-refractivity contribution < 1.29 is 13.7 Å². The molecule has 1 fully saturated rings. The van der Waals surface area contributed by atoms with Crippen LogP contribution in [0.15, 0.2) is 65.2 Å². The van der Waals surface area contributed by atoms with Crippen LogP contribution in [-0.2, 0) is 6.54 Å². The summed E-state index contributed by atoms with van der Waals surface area (Å²) in [6.45, 7) is 3.79. The second-order valence-electron chi connectivity index (χ2n) is 6.64. The lowest BCUT2D eigenvalue weighted by molar-refractivity contribution is 0.0589. The summed E-state index contributed by atoms with van der Waals surface area (Å²) >= 11 is 0. The monoisotopic (exact) mass is 365 g/mol. The molecule has 0 saturated carbocycles. The molecule has 0 radical (unpaired) electrons. The first-order chi connectivity index (χ1) is 13.2. The molecule has 1 aliphatic heterocycles. The van der Waals surface area contributed by atoms with E-state index in [9.17, 15) is 9.18 Å². The molecule has 138 valence electrons. The first-order valence-corrected chi connectivity index (χ1v) is 8.97. The molecular formula is C21H20FN3O2. The van der Waals surface area contributed by atoms with Crippen molar-refractivity contribution in [2.45, 2.75) is 6.54 Å². The number of benzene rings is 2. The highest BCUT2D eigenvalue weighted by atomic mass is 19.1. The summed E-state index contributed by atoms with van der Waals surface area (Å²) in [6, 6.07) is 18.0. The lowest BCUT2D eigenvalue weighted by Gasteiger charge is -2.34. The normalized spacial score (nSPS) is 15.1. The lowest BCUT2D eigenvalue weighted by Crippen LogP contribution is -2.48. The van der Waals surface area contributed by atoms with E-state index in [0.717, 1.165) is 19.6 Å². The Morgan fingerprint density at radius 3 is 2.52 bits per heavy atom. The van der Waals surface area contributed by atoms with Gasteiger partial charge in [0.05, 0.1) is 0 Å². The highest BCUT2D eigenvalue weighted by molar-refractivity contribution is 5.92. The van der Waals surface area contributed by atoms with Gasteiger partial charge in [-0.2, -0.15) is 0 Å². The molecule has 2 aromatic carbocycles. The molecule has 1 aromatic heterocycles. The van der Waals surface area contributed by atoms with Crippen LogP contribution in [0.2, 0.25) is 0 Å². The van der Waals surface area contributed by atoms with Crippen LogP contribution in [0.3, 0.4) is 0 Å². The fourth-order valence-corrected chi connectivity index (χ4v) is 3.27. The second kappa shape index (κ2) is 7.72. The van der Waals surface area contributed by atoms with Crippen molar-refractivity contribution >= 4 is 5.91 Å². The van der Waals surface area contributed by atoms with Crippen molar-refractivity contribution in [2.24, 2.45) is 0 Å². The van der Waals surface area contributed by atoms with Crippen molar-refractivity contribution in [1.82, 2.24) is 15.0 Å². The maximum Gasteiger partial charge on any atom is 0.292 e. The number of carbonyl (C=O) groups is 1. The molecule has 1 saturated heterocycles. The number of rotatable bonds is 4. The number of nitrogens with zero attached hydrogens (tertiary/aromatic N) is 3. The number of piperazine rings is 1. The van der Waals surface area contributed by atoms with Gasteiger partial charge in [0.2, 0.25) is 5.76 Å². The van der Waals surface area contributed by atoms with Crippen molar-refractivity contribution in [2.75, 3.05) is 26.2 Å². The molecule has 1 amide bonds. The zero-order valence-electron chi connectivity index (χ0n) is 14.8. The van der Waals surface area contributed by atoms with Gasteiger partial charge in [-0.1, -0.05) is 47.6 Å². The summed E-state index contributed by atoms with van der Waals surface area (Å²) in [5.41, 5.74) is 2.32. The van der Waals surface area contributed by atoms with Gasteiger partial charge in [0.15, 0.2) is 0 Å². The Kier molecular flexibility index (Phi) is 4.98. The molecule has 0 bridgehead atoms. The molecule has 0 unspecified atom stereocenters. The van der Waals surface area contributed by atoms with E-state index in [0.29, 0.717) is 24.3 Å². The highest BCUT2D eigenvalue weighted by Crippen LogP contribution is 2.21. The second-order valence-corrected chi connectivity index (χ2v) is 6.64. The number of carbonyl (C=O) groups excluding carboxylic acids is 1. The number of hydrogen-bond acceptors (Lipinski definition) is 4. The van der Waals surface area contributed by atoms with Gasteiger partial charge in [-0.25, -0.2) is 4.39 Å². The molecule has 0 N–H and O–H groups in total. The molecule has 6 heteroatoms. The van der Waals surface area contributed by atoms with Crippen LogP contribution in [0, 0.1) is 5.82 Å². The fraction of sp³-hybridized carbons (Fsp3) is 0.238. The Balaban J connectivity index is 1.37. The van der Waals surface area contributed by atoms with Crippen LogP contribution in [0.25, 0.3) is 11.3 Å². The third-order valence-electron chi connectivity index (χ3n) is 4.75. The predicted molar refractivity (Wildman–Crippen MR) is 99.5 cm³/mol. The smallest absolute Gasteiger partial charge is 0.292 e. The molecule has 0 spiro atoms. The molecule has 1 aliphatic rings. The summed E-state index contributed by atoms with van der Waals surface area (Å²) in [6.07, 6.45) is 0. The minimum atomic E-state index is -0.349. The summed E-state index contributed by atoms with van der Waals surface area (Å²) < 4.78 is 18.6. The van der Waals surface area contributed by atoms with Gasteiger partial charge in [0, 0.05) is 44.4 Å². The van der Waals surface area contributed by atoms with Crippen molar-refractivity contribution in [3.05, 3.63) is 77.8 Å². The Morgan fingerprint density at radius 2 is 1.78 bits per heavy atom. The largest absolute Gasteiger partial charge is 0.350 e. The average molecular weight is 365 g/mol. The third-order valence-corrected chi connectivity index (χ3v) is 4.75. The SMILES string of the molecule is O=C(c1cc(-c2cccc(F)c2)no1)N1CCN(Cc2ccccc2)CC1. The van der Waals surface area contributed by atoms with Gasteiger partial charge in [-0.15, -0.1) is 0 Å². The Labute approximate surface area is 157 Å². The van der Waals surface area contributed by atoms with Crippen LogP contribution < -0.4 is 0 Å². The van der Waals surface area contributed by atoms with E-state index in [1.54, 1.807) is 23.1 Å². The fourth-order valence-electron chi connectivity index (χ4n) is 3.27. The van der Waals surface area contributed by atoms with Crippen LogP contribution in [0.5, 0.6) is 0 Å². The van der Waals surface area contributed by atoms with Gasteiger partial charge >= 0.3 is 0 Å². The molecular weight excluding hydrogens is 345 g/mol. The number of aromatic nitrogens is 1. The quantitative estimate of drug-likeness (QED) is 0.711. The Hall–Kier alpha value is -2.99. The zero-order valence-corrected chi connectivity index (χ0v) is 14.8. The molecule has 3 aromatic rings. The van der Waals surface area contributed by atoms with E-state index in [4.69, 9.17) is 4.52 Å². The average Bonchev–Trinajstić information content (AvgIpc) is 3.19. The molecule has 5 nitrogen and oxygen atoms in total. The maximum absolute atomic E-state index is 13.4. The van der Waals surface area contributed by atoms with E-state index in [1.807, 2.05) is 18.2 Å². The minimum Gasteiger partial charge on any atom is -0.350 e. The van der Waals surface area contributed by atoms with Gasteiger partial charge in [0.25, 0.3) is 5.91 Å². The first kappa shape index (κ1) is 17.4. The number of hydrogen-bond donors (Lipinski definition) is 0. The zero-order chi connectivity index (χ0) is 18.6. The van der Waals surface area contributed by atoms with E-state index in [1.165, 1.54) is 17.7 Å². The number of halogens is 1. The number of amides is 1. The molecule has 2 heterocycles. The third kappa shape index (κ3) is 4.06. The van der Waals surface area contributed by atoms with Crippen LogP contribution >= 0.6 is 0 Å². The van der Waals surface area contributed by atoms with Crippen molar-refractivity contribution in [3.63, 3.8) is 0 Å². The van der Waals surface area contributed by atoms with Crippen LogP contribution in [0.4, 0.5) is 4.39 Å². The maximum atomic E-state index is 13.4. The van der Waals surface area contributed by atoms with Gasteiger partial charge in [-0.3, -0.25) is 9.69 Å². The predicted octanol–water partition coefficient (Wildman–Crippen LogP) is 3.44. The topological polar surface area (TPSA) is 49.6 Å².